The quantitative estimate of drug-likeness (QED) is 0.491. The van der Waals surface area contributed by atoms with Gasteiger partial charge < -0.3 is 10.5 Å². The summed E-state index contributed by atoms with van der Waals surface area (Å²) in [5.41, 5.74) is 7.10. The van der Waals surface area contributed by atoms with Gasteiger partial charge in [0, 0.05) is 16.1 Å². The summed E-state index contributed by atoms with van der Waals surface area (Å²) in [7, 11) is -4.02. The van der Waals surface area contributed by atoms with Crippen LogP contribution in [0.4, 0.5) is 0 Å². The zero-order valence-electron chi connectivity index (χ0n) is 16.6. The summed E-state index contributed by atoms with van der Waals surface area (Å²) in [6, 6.07) is 10.5. The summed E-state index contributed by atoms with van der Waals surface area (Å²) < 4.78 is 34.8. The van der Waals surface area contributed by atoms with Gasteiger partial charge in [-0.3, -0.25) is 9.35 Å². The van der Waals surface area contributed by atoms with Crippen molar-refractivity contribution in [3.05, 3.63) is 63.6 Å². The lowest BCUT2D eigenvalue weighted by Crippen LogP contribution is -2.26. The fourth-order valence-corrected chi connectivity index (χ4v) is 3.20. The van der Waals surface area contributed by atoms with Gasteiger partial charge in [0.15, 0.2) is 0 Å². The van der Waals surface area contributed by atoms with Crippen LogP contribution in [0.5, 0.6) is 0 Å². The molecular weight excluding hydrogens is 437 g/mol. The van der Waals surface area contributed by atoms with Crippen LogP contribution in [0.15, 0.2) is 47.4 Å². The van der Waals surface area contributed by atoms with Crippen LogP contribution in [-0.4, -0.2) is 24.5 Å². The molecule has 0 heterocycles. The highest BCUT2D eigenvalue weighted by Crippen LogP contribution is 2.24. The first-order valence-electron chi connectivity index (χ1n) is 8.65. The van der Waals surface area contributed by atoms with E-state index < -0.39 is 21.8 Å². The molecule has 1 atom stereocenters. The topological polar surface area (TPSA) is 107 Å². The Morgan fingerprint density at radius 1 is 1.10 bits per heavy atom. The average molecular weight is 462 g/mol. The van der Waals surface area contributed by atoms with Crippen LogP contribution in [-0.2, 0) is 19.6 Å². The molecule has 29 heavy (non-hydrogen) atoms. The van der Waals surface area contributed by atoms with Gasteiger partial charge >= 0.3 is 5.97 Å². The molecule has 2 aromatic carbocycles. The third-order valence-corrected chi connectivity index (χ3v) is 4.74. The van der Waals surface area contributed by atoms with E-state index in [2.05, 4.69) is 0 Å². The van der Waals surface area contributed by atoms with Crippen LogP contribution < -0.4 is 5.73 Å². The number of aryl methyl sites for hydroxylation is 1. The number of carbonyl (C=O) groups excluding carboxylic acids is 1. The zero-order chi connectivity index (χ0) is 22.4. The Morgan fingerprint density at radius 2 is 1.59 bits per heavy atom. The SMILES string of the molecule is CC(C)(C)OC(=O)C[C@H](N)c1cc(Cl)cc(Cl)c1.Cc1ccc(S(=O)(=O)O)cc1. The van der Waals surface area contributed by atoms with Crippen LogP contribution in [0.2, 0.25) is 10.0 Å². The van der Waals surface area contributed by atoms with Crippen molar-refractivity contribution in [2.45, 2.75) is 50.7 Å². The largest absolute Gasteiger partial charge is 0.460 e. The Kier molecular flexibility index (Phi) is 9.11. The highest BCUT2D eigenvalue weighted by atomic mass is 35.5. The number of esters is 1. The first kappa shape index (κ1) is 25.4. The van der Waals surface area contributed by atoms with Gasteiger partial charge in [-0.2, -0.15) is 8.42 Å². The van der Waals surface area contributed by atoms with Crippen molar-refractivity contribution in [2.24, 2.45) is 5.73 Å². The predicted molar refractivity (Wildman–Crippen MR) is 115 cm³/mol. The van der Waals surface area contributed by atoms with Crippen LogP contribution in [0.1, 0.15) is 44.4 Å². The highest BCUT2D eigenvalue weighted by Gasteiger charge is 2.19. The molecule has 0 radical (unpaired) electrons. The molecule has 0 spiro atoms. The van der Waals surface area contributed by atoms with Crippen molar-refractivity contribution >= 4 is 39.3 Å². The maximum absolute atomic E-state index is 11.6. The van der Waals surface area contributed by atoms with Gasteiger partial charge in [-0.1, -0.05) is 40.9 Å². The second-order valence-electron chi connectivity index (χ2n) is 7.39. The number of hydrogen-bond donors (Lipinski definition) is 2. The monoisotopic (exact) mass is 461 g/mol. The van der Waals surface area contributed by atoms with Gasteiger partial charge in [0.25, 0.3) is 10.1 Å². The average Bonchev–Trinajstić information content (AvgIpc) is 2.52. The fraction of sp³-hybridized carbons (Fsp3) is 0.350. The molecule has 0 aliphatic rings. The van der Waals surface area contributed by atoms with Gasteiger partial charge in [0.2, 0.25) is 0 Å². The summed E-state index contributed by atoms with van der Waals surface area (Å²) >= 11 is 11.8. The van der Waals surface area contributed by atoms with Crippen molar-refractivity contribution in [3.63, 3.8) is 0 Å². The maximum atomic E-state index is 11.6. The number of carbonyl (C=O) groups is 1. The van der Waals surface area contributed by atoms with E-state index in [4.69, 9.17) is 38.2 Å². The summed E-state index contributed by atoms with van der Waals surface area (Å²) in [5.74, 6) is -0.342. The molecule has 6 nitrogen and oxygen atoms in total. The molecule has 9 heteroatoms. The van der Waals surface area contributed by atoms with E-state index in [0.29, 0.717) is 10.0 Å². The molecule has 0 saturated carbocycles. The summed E-state index contributed by atoms with van der Waals surface area (Å²) in [4.78, 5) is 11.6. The molecule has 2 aromatic rings. The minimum absolute atomic E-state index is 0.0666. The number of benzene rings is 2. The van der Waals surface area contributed by atoms with Gasteiger partial charge in [-0.25, -0.2) is 0 Å². The van der Waals surface area contributed by atoms with E-state index >= 15 is 0 Å². The molecule has 0 amide bonds. The van der Waals surface area contributed by atoms with Crippen LogP contribution in [0, 0.1) is 6.92 Å². The Hall–Kier alpha value is -1.64. The molecule has 3 N–H and O–H groups in total. The first-order valence-corrected chi connectivity index (χ1v) is 10.8. The second-order valence-corrected chi connectivity index (χ2v) is 9.68. The summed E-state index contributed by atoms with van der Waals surface area (Å²) in [6.07, 6.45) is 0.0912. The van der Waals surface area contributed by atoms with Crippen LogP contribution in [0.25, 0.3) is 0 Å². The Labute approximate surface area is 181 Å². The molecule has 0 saturated heterocycles. The van der Waals surface area contributed by atoms with E-state index in [1.807, 2.05) is 27.7 Å². The molecule has 160 valence electrons. The van der Waals surface area contributed by atoms with Gasteiger partial charge in [0.05, 0.1) is 11.3 Å². The van der Waals surface area contributed by atoms with Gasteiger partial charge in [-0.05, 0) is 63.6 Å². The Bertz CT molecular complexity index is 918. The minimum atomic E-state index is -4.02. The number of rotatable bonds is 4. The van der Waals surface area contributed by atoms with Gasteiger partial charge in [0.1, 0.15) is 5.60 Å². The van der Waals surface area contributed by atoms with Crippen LogP contribution >= 0.6 is 23.2 Å². The van der Waals surface area contributed by atoms with Crippen molar-refractivity contribution in [1.29, 1.82) is 0 Å². The highest BCUT2D eigenvalue weighted by molar-refractivity contribution is 7.85. The lowest BCUT2D eigenvalue weighted by molar-refractivity contribution is -0.155. The number of nitrogens with two attached hydrogens (primary N) is 1. The molecule has 0 bridgehead atoms. The molecular formula is C20H25Cl2NO5S. The zero-order valence-corrected chi connectivity index (χ0v) is 19.0. The first-order chi connectivity index (χ1) is 13.2. The molecule has 0 fully saturated rings. The Morgan fingerprint density at radius 3 is 2.00 bits per heavy atom. The van der Waals surface area contributed by atoms with E-state index in [1.165, 1.54) is 12.1 Å². The summed E-state index contributed by atoms with van der Waals surface area (Å²) in [6.45, 7) is 7.28. The number of halogens is 2. The third-order valence-electron chi connectivity index (χ3n) is 3.44. The van der Waals surface area contributed by atoms with Crippen molar-refractivity contribution in [1.82, 2.24) is 0 Å². The molecule has 0 aliphatic heterocycles. The number of ether oxygens (including phenoxy) is 1. The van der Waals surface area contributed by atoms with Crippen LogP contribution in [0.3, 0.4) is 0 Å². The van der Waals surface area contributed by atoms with E-state index in [9.17, 15) is 13.2 Å². The van der Waals surface area contributed by atoms with E-state index in [-0.39, 0.29) is 17.3 Å². The normalized spacial score (nSPS) is 12.6. The van der Waals surface area contributed by atoms with Crippen molar-refractivity contribution in [2.75, 3.05) is 0 Å². The molecule has 0 aromatic heterocycles. The van der Waals surface area contributed by atoms with Crippen molar-refractivity contribution < 1.29 is 22.5 Å². The van der Waals surface area contributed by atoms with E-state index in [1.54, 1.807) is 30.3 Å². The smallest absolute Gasteiger partial charge is 0.308 e. The Balaban J connectivity index is 0.000000326. The van der Waals surface area contributed by atoms with E-state index in [0.717, 1.165) is 11.1 Å². The minimum Gasteiger partial charge on any atom is -0.460 e. The third kappa shape index (κ3) is 10.1. The van der Waals surface area contributed by atoms with Crippen molar-refractivity contribution in [3.8, 4) is 0 Å². The predicted octanol–water partition coefficient (Wildman–Crippen LogP) is 4.97. The standard InChI is InChI=1S/C13H17Cl2NO2.C7H8O3S/c1-13(2,3)18-12(17)7-11(16)8-4-9(14)6-10(15)5-8;1-6-2-4-7(5-3-6)11(8,9)10/h4-6,11H,7,16H2,1-3H3;2-5H,1H3,(H,8,9,10)/t11-;/m0./s1. The fourth-order valence-electron chi connectivity index (χ4n) is 2.18. The maximum Gasteiger partial charge on any atom is 0.308 e. The number of hydrogen-bond acceptors (Lipinski definition) is 5. The lowest BCUT2D eigenvalue weighted by Gasteiger charge is -2.21. The summed E-state index contributed by atoms with van der Waals surface area (Å²) in [5, 5.41) is 0.995. The molecule has 0 aliphatic carbocycles. The lowest BCUT2D eigenvalue weighted by atomic mass is 10.0. The molecule has 0 unspecified atom stereocenters. The second kappa shape index (κ2) is 10.4. The van der Waals surface area contributed by atoms with Gasteiger partial charge in [-0.15, -0.1) is 0 Å². The molecule has 2 rings (SSSR count).